The van der Waals surface area contributed by atoms with Crippen LogP contribution in [0, 0.1) is 0 Å². The van der Waals surface area contributed by atoms with E-state index in [1.165, 1.54) is 16.3 Å². The molecule has 31 heavy (non-hydrogen) atoms. The van der Waals surface area contributed by atoms with Crippen molar-refractivity contribution in [3.05, 3.63) is 57.8 Å². The van der Waals surface area contributed by atoms with Crippen LogP contribution >= 0.6 is 23.4 Å². The molecule has 0 bridgehead atoms. The van der Waals surface area contributed by atoms with E-state index in [2.05, 4.69) is 5.32 Å². The summed E-state index contributed by atoms with van der Waals surface area (Å²) >= 11 is 7.35. The van der Waals surface area contributed by atoms with Crippen LogP contribution in [0.1, 0.15) is 34.1 Å². The first kappa shape index (κ1) is 23.2. The summed E-state index contributed by atoms with van der Waals surface area (Å²) in [4.78, 5) is 31.0. The van der Waals surface area contributed by atoms with Crippen LogP contribution < -0.4 is 15.6 Å². The second-order valence-electron chi connectivity index (χ2n) is 7.86. The van der Waals surface area contributed by atoms with Gasteiger partial charge in [0.15, 0.2) is 5.16 Å². The SMILES string of the molecule is CCC(C)(C)NC(=O)C(C)Sc1nc2cc(Cl)ccc2c(=O)n1-c1ccccc1OC. The van der Waals surface area contributed by atoms with E-state index in [0.29, 0.717) is 32.5 Å². The molecule has 0 aliphatic heterocycles. The molecule has 2 aromatic carbocycles. The van der Waals surface area contributed by atoms with Gasteiger partial charge in [-0.25, -0.2) is 4.98 Å². The average molecular weight is 460 g/mol. The number of hydrogen-bond acceptors (Lipinski definition) is 5. The third-order valence-electron chi connectivity index (χ3n) is 5.12. The molecule has 1 atom stereocenters. The summed E-state index contributed by atoms with van der Waals surface area (Å²) < 4.78 is 6.97. The molecular weight excluding hydrogens is 434 g/mol. The lowest BCUT2D eigenvalue weighted by Crippen LogP contribution is -2.46. The molecule has 0 fully saturated rings. The van der Waals surface area contributed by atoms with Crippen molar-refractivity contribution in [3.8, 4) is 11.4 Å². The summed E-state index contributed by atoms with van der Waals surface area (Å²) in [5.41, 5.74) is 0.463. The van der Waals surface area contributed by atoms with Crippen molar-refractivity contribution in [2.45, 2.75) is 50.1 Å². The summed E-state index contributed by atoms with van der Waals surface area (Å²) in [5.74, 6) is 0.412. The van der Waals surface area contributed by atoms with Crippen LogP contribution in [-0.4, -0.2) is 33.4 Å². The minimum absolute atomic E-state index is 0.121. The maximum absolute atomic E-state index is 13.5. The Bertz CT molecular complexity index is 1180. The molecule has 1 unspecified atom stereocenters. The Labute approximate surface area is 191 Å². The zero-order chi connectivity index (χ0) is 22.8. The Morgan fingerprint density at radius 3 is 2.68 bits per heavy atom. The maximum atomic E-state index is 13.5. The molecular formula is C23H26ClN3O3S. The molecule has 1 amide bonds. The summed E-state index contributed by atoms with van der Waals surface area (Å²) in [5, 5.41) is 3.88. The fraction of sp³-hybridized carbons (Fsp3) is 0.348. The van der Waals surface area contributed by atoms with Crippen molar-refractivity contribution < 1.29 is 9.53 Å². The number of para-hydroxylation sites is 2. The molecule has 1 heterocycles. The Kier molecular flexibility index (Phi) is 6.96. The average Bonchev–Trinajstić information content (AvgIpc) is 2.73. The topological polar surface area (TPSA) is 73.2 Å². The van der Waals surface area contributed by atoms with Crippen LogP contribution in [0.4, 0.5) is 0 Å². The van der Waals surface area contributed by atoms with Crippen LogP contribution in [0.5, 0.6) is 5.75 Å². The summed E-state index contributed by atoms with van der Waals surface area (Å²) in [6.45, 7) is 7.77. The molecule has 1 aromatic heterocycles. The molecule has 0 radical (unpaired) electrons. The zero-order valence-corrected chi connectivity index (χ0v) is 19.8. The Balaban J connectivity index is 2.15. The summed E-state index contributed by atoms with van der Waals surface area (Å²) in [6.07, 6.45) is 0.800. The number of hydrogen-bond donors (Lipinski definition) is 1. The fourth-order valence-electron chi connectivity index (χ4n) is 2.98. The molecule has 164 valence electrons. The molecule has 3 rings (SSSR count). The van der Waals surface area contributed by atoms with Crippen LogP contribution in [-0.2, 0) is 4.79 Å². The smallest absolute Gasteiger partial charge is 0.266 e. The summed E-state index contributed by atoms with van der Waals surface area (Å²) in [6, 6.07) is 12.2. The lowest BCUT2D eigenvalue weighted by molar-refractivity contribution is -0.121. The van der Waals surface area contributed by atoms with E-state index in [9.17, 15) is 9.59 Å². The lowest BCUT2D eigenvalue weighted by atomic mass is 10.0. The number of aromatic nitrogens is 2. The highest BCUT2D eigenvalue weighted by Crippen LogP contribution is 2.30. The van der Waals surface area contributed by atoms with Gasteiger partial charge in [0.2, 0.25) is 5.91 Å². The molecule has 0 spiro atoms. The van der Waals surface area contributed by atoms with Gasteiger partial charge in [0.05, 0.1) is 29.0 Å². The van der Waals surface area contributed by atoms with Gasteiger partial charge in [0, 0.05) is 10.6 Å². The zero-order valence-electron chi connectivity index (χ0n) is 18.2. The van der Waals surface area contributed by atoms with Gasteiger partial charge >= 0.3 is 0 Å². The highest BCUT2D eigenvalue weighted by Gasteiger charge is 2.25. The Hall–Kier alpha value is -2.51. The first-order valence-corrected chi connectivity index (χ1v) is 11.3. The van der Waals surface area contributed by atoms with Crippen molar-refractivity contribution in [1.82, 2.24) is 14.9 Å². The van der Waals surface area contributed by atoms with E-state index in [-0.39, 0.29) is 17.0 Å². The van der Waals surface area contributed by atoms with Gasteiger partial charge in [0.25, 0.3) is 5.56 Å². The Morgan fingerprint density at radius 2 is 2.00 bits per heavy atom. The van der Waals surface area contributed by atoms with Crippen molar-refractivity contribution in [3.63, 3.8) is 0 Å². The van der Waals surface area contributed by atoms with E-state index >= 15 is 0 Å². The van der Waals surface area contributed by atoms with Crippen LogP contribution in [0.25, 0.3) is 16.6 Å². The van der Waals surface area contributed by atoms with E-state index < -0.39 is 5.25 Å². The molecule has 1 N–H and O–H groups in total. The van der Waals surface area contributed by atoms with Gasteiger partial charge in [-0.15, -0.1) is 0 Å². The van der Waals surface area contributed by atoms with Gasteiger partial charge in [0.1, 0.15) is 5.75 Å². The first-order valence-electron chi connectivity index (χ1n) is 10.0. The van der Waals surface area contributed by atoms with Gasteiger partial charge in [-0.1, -0.05) is 42.4 Å². The Morgan fingerprint density at radius 1 is 1.29 bits per heavy atom. The fourth-order valence-corrected chi connectivity index (χ4v) is 4.07. The predicted octanol–water partition coefficient (Wildman–Crippen LogP) is 4.83. The molecule has 8 heteroatoms. The first-order chi connectivity index (χ1) is 14.7. The number of nitrogens with one attached hydrogen (secondary N) is 1. The molecule has 0 saturated heterocycles. The number of ether oxygens (including phenoxy) is 1. The number of amides is 1. The van der Waals surface area contributed by atoms with Gasteiger partial charge in [-0.3, -0.25) is 14.2 Å². The number of nitrogens with zero attached hydrogens (tertiary/aromatic N) is 2. The second kappa shape index (κ2) is 9.32. The van der Waals surface area contributed by atoms with E-state index in [0.717, 1.165) is 6.42 Å². The van der Waals surface area contributed by atoms with Crippen LogP contribution in [0.15, 0.2) is 52.4 Å². The lowest BCUT2D eigenvalue weighted by Gasteiger charge is -2.26. The highest BCUT2D eigenvalue weighted by molar-refractivity contribution is 8.00. The van der Waals surface area contributed by atoms with Crippen LogP contribution in [0.2, 0.25) is 5.02 Å². The number of thioether (sulfide) groups is 1. The number of methoxy groups -OCH3 is 1. The number of fused-ring (bicyclic) bond motifs is 1. The molecule has 0 saturated carbocycles. The summed E-state index contributed by atoms with van der Waals surface area (Å²) in [7, 11) is 1.55. The molecule has 3 aromatic rings. The quantitative estimate of drug-likeness (QED) is 0.404. The van der Waals surface area contributed by atoms with Crippen molar-refractivity contribution in [2.24, 2.45) is 0 Å². The number of carbonyl (C=O) groups excluding carboxylic acids is 1. The number of halogens is 1. The normalized spacial score (nSPS) is 12.6. The highest BCUT2D eigenvalue weighted by atomic mass is 35.5. The van der Waals surface area contributed by atoms with E-state index in [4.69, 9.17) is 21.3 Å². The predicted molar refractivity (Wildman–Crippen MR) is 127 cm³/mol. The van der Waals surface area contributed by atoms with E-state index in [1.807, 2.05) is 32.9 Å². The van der Waals surface area contributed by atoms with Gasteiger partial charge in [-0.05, 0) is 57.5 Å². The van der Waals surface area contributed by atoms with Crippen molar-refractivity contribution in [2.75, 3.05) is 7.11 Å². The second-order valence-corrected chi connectivity index (χ2v) is 9.60. The number of rotatable bonds is 7. The van der Waals surface area contributed by atoms with Gasteiger partial charge in [-0.2, -0.15) is 0 Å². The molecule has 0 aliphatic rings. The van der Waals surface area contributed by atoms with Crippen LogP contribution in [0.3, 0.4) is 0 Å². The largest absolute Gasteiger partial charge is 0.495 e. The molecule has 0 aliphatic carbocycles. The minimum Gasteiger partial charge on any atom is -0.495 e. The third kappa shape index (κ3) is 5.05. The maximum Gasteiger partial charge on any atom is 0.266 e. The third-order valence-corrected chi connectivity index (χ3v) is 6.41. The molecule has 6 nitrogen and oxygen atoms in total. The standard InChI is InChI=1S/C23H26ClN3O3S/c1-6-23(3,4)26-20(28)14(2)31-22-25-17-13-15(24)11-12-16(17)21(29)27(22)18-9-7-8-10-19(18)30-5/h7-14H,6H2,1-5H3,(H,26,28). The van der Waals surface area contributed by atoms with Crippen molar-refractivity contribution in [1.29, 1.82) is 0 Å². The van der Waals surface area contributed by atoms with Gasteiger partial charge < -0.3 is 10.1 Å². The monoisotopic (exact) mass is 459 g/mol. The van der Waals surface area contributed by atoms with Crippen molar-refractivity contribution >= 4 is 40.2 Å². The number of carbonyl (C=O) groups is 1. The number of benzene rings is 2. The minimum atomic E-state index is -0.477. The van der Waals surface area contributed by atoms with E-state index in [1.54, 1.807) is 44.4 Å².